The molecule has 0 spiro atoms. The summed E-state index contributed by atoms with van der Waals surface area (Å²) in [4.78, 5) is 66.2. The number of anilines is 1. The maximum absolute atomic E-state index is 13.3. The molecule has 0 atom stereocenters. The number of ether oxygens (including phenoxy) is 3. The molecule has 1 N–H and O–H groups in total. The Balaban J connectivity index is 0.000000146. The molecule has 97 heavy (non-hydrogen) atoms. The predicted molar refractivity (Wildman–Crippen MR) is 385 cm³/mol. The van der Waals surface area contributed by atoms with Gasteiger partial charge in [0.05, 0.1) is 31.8 Å². The average molecular weight is 1310 g/mol. The van der Waals surface area contributed by atoms with Gasteiger partial charge in [-0.15, -0.1) is 0 Å². The fraction of sp³-hybridized carbons (Fsp3) is 0.159. The topological polar surface area (TPSA) is 155 Å². The number of hydrogen-bond donors (Lipinski definition) is 1. The molecule has 0 saturated heterocycles. The Morgan fingerprint density at radius 3 is 1.49 bits per heavy atom. The summed E-state index contributed by atoms with van der Waals surface area (Å²) in [6.07, 6.45) is 14.8. The second-order valence-electron chi connectivity index (χ2n) is 22.2. The van der Waals surface area contributed by atoms with Crippen LogP contribution in [-0.4, -0.2) is 81.2 Å². The Hall–Kier alpha value is -11.0. The van der Waals surface area contributed by atoms with Crippen molar-refractivity contribution in [2.45, 2.75) is 52.7 Å². The number of aromatic nitrogens is 5. The molecule has 490 valence electrons. The number of carbonyl (C=O) groups is 5. The molecule has 5 aromatic carbocycles. The van der Waals surface area contributed by atoms with Crippen LogP contribution in [0.15, 0.2) is 280 Å². The molecule has 0 fully saturated rings. The Morgan fingerprint density at radius 1 is 0.485 bits per heavy atom. The number of carbonyl (C=O) groups excluding carboxylic acids is 5. The van der Waals surface area contributed by atoms with Crippen LogP contribution in [0.5, 0.6) is 0 Å². The first-order valence-corrected chi connectivity index (χ1v) is 32.4. The fourth-order valence-corrected chi connectivity index (χ4v) is 11.6. The highest BCUT2D eigenvalue weighted by Gasteiger charge is 2.29. The molecule has 13 rings (SSSR count). The first-order valence-electron chi connectivity index (χ1n) is 32.1. The normalized spacial score (nSPS) is 10.6. The van der Waals surface area contributed by atoms with E-state index in [4.69, 9.17) is 25.8 Å². The summed E-state index contributed by atoms with van der Waals surface area (Å²) in [6, 6.07) is 77.7. The summed E-state index contributed by atoms with van der Waals surface area (Å²) >= 11 is 5.47. The number of hydrogen-bond acceptors (Lipinski definition) is 9. The zero-order valence-electron chi connectivity index (χ0n) is 55.1. The predicted octanol–water partition coefficient (Wildman–Crippen LogP) is 16.2. The lowest BCUT2D eigenvalue weighted by molar-refractivity contribution is -0.690. The molecule has 14 nitrogen and oxygen atoms in total. The second kappa shape index (κ2) is 36.0. The van der Waals surface area contributed by atoms with Gasteiger partial charge >= 0.3 is 0 Å². The zero-order valence-corrected chi connectivity index (χ0v) is 55.9. The van der Waals surface area contributed by atoms with Gasteiger partial charge in [-0.05, 0) is 113 Å². The standard InChI is InChI=1S/C24H20N2O2.C18H14ClNO2.C16H18NO2.C16H15NO.C8H11NO/c1-2-19-20-15-9-10-16-26(20)22(21(19)17-11-5-3-6-12-17)23(27)24(28)25-18-13-7-4-8-14-18;1-2-13-14-10-6-7-11-20(14)16(17(21)18(19)22)15(13)12-8-4-3-5-9-12;1-19-12-10-15-9-5-6-11-17(15)13-16(18)14-7-3-2-4-8-14;1-18-12-15-14(13-7-3-2-4-8-13)11-17-10-6-5-9-16(15)17;1-10-7-5-8-4-2-3-6-9-8/h3-16H,2H2,1H3,(H,25,28);3-11H,2H2,1H3;2-9,11H,10,12-13H2,1H3;2-11H,12H2,1H3;2-4,6H,5,7H2,1H3/q;;+1;;. The molecule has 13 aromatic rings. The van der Waals surface area contributed by atoms with Gasteiger partial charge in [-0.25, -0.2) is 0 Å². The molecule has 0 unspecified atom stereocenters. The summed E-state index contributed by atoms with van der Waals surface area (Å²) in [5.41, 5.74) is 16.6. The smallest absolute Gasteiger partial charge is 0.298 e. The number of para-hydroxylation sites is 1. The molecule has 8 aromatic heterocycles. The quantitative estimate of drug-likeness (QED) is 0.0320. The van der Waals surface area contributed by atoms with E-state index in [1.165, 1.54) is 22.2 Å². The van der Waals surface area contributed by atoms with Crippen molar-refractivity contribution in [3.05, 3.63) is 325 Å². The van der Waals surface area contributed by atoms with E-state index in [1.54, 1.807) is 50.3 Å². The van der Waals surface area contributed by atoms with Crippen LogP contribution in [0, 0.1) is 0 Å². The molecular weight excluding hydrogens is 1230 g/mol. The largest absolute Gasteiger partial charge is 0.384 e. The molecule has 15 heteroatoms. The molecule has 0 bridgehead atoms. The van der Waals surface area contributed by atoms with E-state index in [2.05, 4.69) is 70.4 Å². The number of aryl methyl sites for hydroxylation is 2. The van der Waals surface area contributed by atoms with Gasteiger partial charge in [-0.3, -0.25) is 29.0 Å². The highest BCUT2D eigenvalue weighted by Crippen LogP contribution is 2.36. The number of benzene rings is 5. The summed E-state index contributed by atoms with van der Waals surface area (Å²) in [6.45, 7) is 6.49. The molecule has 0 radical (unpaired) electrons. The number of Topliss-reactive ketones (excluding diaryl/α,β-unsaturated/α-hetero) is 3. The van der Waals surface area contributed by atoms with Crippen LogP contribution in [-0.2, 0) is 62.6 Å². The van der Waals surface area contributed by atoms with Crippen LogP contribution >= 0.6 is 11.6 Å². The highest BCUT2D eigenvalue weighted by atomic mass is 35.5. The van der Waals surface area contributed by atoms with E-state index in [1.807, 2.05) is 222 Å². The van der Waals surface area contributed by atoms with E-state index < -0.39 is 22.7 Å². The third-order valence-electron chi connectivity index (χ3n) is 16.0. The number of amides is 1. The summed E-state index contributed by atoms with van der Waals surface area (Å²) < 4.78 is 23.1. The highest BCUT2D eigenvalue weighted by molar-refractivity contribution is 6.83. The van der Waals surface area contributed by atoms with Crippen LogP contribution < -0.4 is 9.88 Å². The molecule has 1 amide bonds. The van der Waals surface area contributed by atoms with Gasteiger partial charge in [-0.1, -0.05) is 184 Å². The summed E-state index contributed by atoms with van der Waals surface area (Å²) in [7, 11) is 5.12. The lowest BCUT2D eigenvalue weighted by Crippen LogP contribution is -2.42. The van der Waals surface area contributed by atoms with Gasteiger partial charge in [0.15, 0.2) is 11.9 Å². The first-order chi connectivity index (χ1) is 47.5. The Labute approximate surface area is 571 Å². The first kappa shape index (κ1) is 70.3. The van der Waals surface area contributed by atoms with Crippen molar-refractivity contribution in [1.29, 1.82) is 0 Å². The van der Waals surface area contributed by atoms with Crippen LogP contribution in [0.4, 0.5) is 5.69 Å². The van der Waals surface area contributed by atoms with E-state index in [9.17, 15) is 24.0 Å². The van der Waals surface area contributed by atoms with Gasteiger partial charge in [0.2, 0.25) is 12.3 Å². The van der Waals surface area contributed by atoms with Crippen LogP contribution in [0.2, 0.25) is 0 Å². The lowest BCUT2D eigenvalue weighted by atomic mass is 9.97. The van der Waals surface area contributed by atoms with Crippen molar-refractivity contribution >= 4 is 62.3 Å². The minimum Gasteiger partial charge on any atom is -0.384 e. The summed E-state index contributed by atoms with van der Waals surface area (Å²) in [5, 5.41) is 1.74. The van der Waals surface area contributed by atoms with Crippen LogP contribution in [0.1, 0.15) is 73.3 Å². The van der Waals surface area contributed by atoms with Crippen molar-refractivity contribution in [3.63, 3.8) is 0 Å². The minimum atomic E-state index is -0.969. The fourth-order valence-electron chi connectivity index (χ4n) is 11.5. The molecule has 8 heterocycles. The SMILES string of the molecule is CCc1c(-c2ccccc2)c(C(=O)C(=O)Cl)n2ccccc12.CCc1c(-c2ccccc2)c(C(=O)C(=O)Nc2ccccc2)n2ccccc12.COCCc1cccc[n+]1CC(=O)c1ccccc1.COCCc1ccccn1.COCc1c(-c2ccccc2)cn2ccccc12. The number of fused-ring (bicyclic) bond motifs is 3. The van der Waals surface area contributed by atoms with Gasteiger partial charge in [-0.2, -0.15) is 4.57 Å². The third-order valence-corrected chi connectivity index (χ3v) is 16.2. The van der Waals surface area contributed by atoms with Gasteiger partial charge in [0, 0.05) is 121 Å². The van der Waals surface area contributed by atoms with Gasteiger partial charge in [0.1, 0.15) is 11.4 Å². The van der Waals surface area contributed by atoms with Crippen molar-refractivity contribution in [2.75, 3.05) is 39.9 Å². The number of pyridine rings is 5. The van der Waals surface area contributed by atoms with E-state index in [0.717, 1.165) is 93.7 Å². The minimum absolute atomic E-state index is 0.121. The number of rotatable bonds is 21. The zero-order chi connectivity index (χ0) is 68.3. The third kappa shape index (κ3) is 18.1. The van der Waals surface area contributed by atoms with E-state index in [-0.39, 0.29) is 5.78 Å². The van der Waals surface area contributed by atoms with Crippen LogP contribution in [0.3, 0.4) is 0 Å². The number of methoxy groups -OCH3 is 3. The molecule has 0 aliphatic heterocycles. The second-order valence-corrected chi connectivity index (χ2v) is 22.6. The molecular formula is C82H78ClN6O8+. The monoisotopic (exact) mass is 1310 g/mol. The lowest BCUT2D eigenvalue weighted by Gasteiger charge is -2.08. The molecule has 0 saturated carbocycles. The van der Waals surface area contributed by atoms with Gasteiger partial charge < -0.3 is 32.7 Å². The number of nitrogens with zero attached hydrogens (tertiary/aromatic N) is 5. The van der Waals surface area contributed by atoms with Crippen LogP contribution in [0.25, 0.3) is 49.9 Å². The molecule has 0 aliphatic carbocycles. The Kier molecular flexibility index (Phi) is 26.1. The van der Waals surface area contributed by atoms with Gasteiger partial charge in [0.25, 0.3) is 22.7 Å². The maximum Gasteiger partial charge on any atom is 0.298 e. The van der Waals surface area contributed by atoms with Crippen molar-refractivity contribution in [1.82, 2.24) is 18.2 Å². The van der Waals surface area contributed by atoms with Crippen molar-refractivity contribution in [2.24, 2.45) is 0 Å². The number of nitrogens with one attached hydrogen (secondary N) is 1. The number of ketones is 3. The summed E-state index contributed by atoms with van der Waals surface area (Å²) in [5.74, 6) is -1.75. The van der Waals surface area contributed by atoms with E-state index >= 15 is 0 Å². The van der Waals surface area contributed by atoms with E-state index in [0.29, 0.717) is 36.8 Å². The molecule has 0 aliphatic rings. The Morgan fingerprint density at radius 2 is 0.969 bits per heavy atom. The Bertz CT molecular complexity index is 4690. The number of halogens is 1. The van der Waals surface area contributed by atoms with Crippen molar-refractivity contribution in [3.8, 4) is 33.4 Å². The maximum atomic E-state index is 13.3. The average Bonchev–Trinajstić information content (AvgIpc) is 1.61. The van der Waals surface area contributed by atoms with Crippen molar-refractivity contribution < 1.29 is 42.8 Å².